The number of nitro groups is 1. The van der Waals surface area contributed by atoms with Gasteiger partial charge in [0.1, 0.15) is 0 Å². The summed E-state index contributed by atoms with van der Waals surface area (Å²) in [5.74, 6) is 0.323. The van der Waals surface area contributed by atoms with E-state index >= 15 is 0 Å². The van der Waals surface area contributed by atoms with Gasteiger partial charge in [0.05, 0.1) is 11.5 Å². The number of benzene rings is 1. The van der Waals surface area contributed by atoms with Crippen molar-refractivity contribution >= 4 is 5.69 Å². The van der Waals surface area contributed by atoms with Crippen molar-refractivity contribution in [1.82, 2.24) is 5.32 Å². The minimum Gasteiger partial charge on any atom is -0.487 e. The summed E-state index contributed by atoms with van der Waals surface area (Å²) in [5, 5.41) is 13.9. The molecule has 1 aromatic rings. The van der Waals surface area contributed by atoms with E-state index in [0.29, 0.717) is 18.9 Å². The first-order chi connectivity index (χ1) is 8.69. The molecule has 0 atom stereocenters. The molecule has 0 amide bonds. The van der Waals surface area contributed by atoms with E-state index in [0.717, 1.165) is 18.4 Å². The molecule has 1 rings (SSSR count). The van der Waals surface area contributed by atoms with Crippen molar-refractivity contribution in [2.24, 2.45) is 0 Å². The zero-order chi connectivity index (χ0) is 13.4. The molecule has 0 heterocycles. The highest BCUT2D eigenvalue weighted by atomic mass is 16.6. The van der Waals surface area contributed by atoms with Gasteiger partial charge in [-0.15, -0.1) is 6.58 Å². The van der Waals surface area contributed by atoms with E-state index in [2.05, 4.69) is 11.9 Å². The van der Waals surface area contributed by atoms with Gasteiger partial charge in [-0.3, -0.25) is 10.1 Å². The van der Waals surface area contributed by atoms with Gasteiger partial charge in [-0.25, -0.2) is 0 Å². The molecule has 0 aliphatic rings. The molecule has 0 unspecified atom stereocenters. The second-order valence-corrected chi connectivity index (χ2v) is 3.87. The summed E-state index contributed by atoms with van der Waals surface area (Å²) < 4.78 is 5.42. The van der Waals surface area contributed by atoms with Crippen molar-refractivity contribution < 1.29 is 9.66 Å². The Bertz CT molecular complexity index is 419. The largest absolute Gasteiger partial charge is 0.487 e. The van der Waals surface area contributed by atoms with Crippen molar-refractivity contribution in [3.63, 3.8) is 0 Å². The molecule has 0 aromatic heterocycles. The number of allylic oxidation sites excluding steroid dienone is 1. The lowest BCUT2D eigenvalue weighted by Gasteiger charge is -2.07. The van der Waals surface area contributed by atoms with Crippen LogP contribution in [0.4, 0.5) is 5.69 Å². The highest BCUT2D eigenvalue weighted by Crippen LogP contribution is 2.28. The summed E-state index contributed by atoms with van der Waals surface area (Å²) in [6.45, 7) is 4.66. The fourth-order valence-electron chi connectivity index (χ4n) is 1.55. The number of ether oxygens (including phenoxy) is 1. The third-order valence-corrected chi connectivity index (χ3v) is 2.41. The third-order valence-electron chi connectivity index (χ3n) is 2.41. The lowest BCUT2D eigenvalue weighted by molar-refractivity contribution is -0.385. The predicted octanol–water partition coefficient (Wildman–Crippen LogP) is 2.66. The van der Waals surface area contributed by atoms with Crippen molar-refractivity contribution in [3.05, 3.63) is 46.5 Å². The van der Waals surface area contributed by atoms with Gasteiger partial charge in [0.2, 0.25) is 0 Å². The van der Waals surface area contributed by atoms with Gasteiger partial charge < -0.3 is 10.1 Å². The summed E-state index contributed by atoms with van der Waals surface area (Å²) in [7, 11) is 1.80. The van der Waals surface area contributed by atoms with Crippen molar-refractivity contribution in [2.75, 3.05) is 13.7 Å². The van der Waals surface area contributed by atoms with E-state index in [-0.39, 0.29) is 5.69 Å². The molecule has 5 nitrogen and oxygen atoms in total. The SMILES string of the molecule is C=CCCCOc1ccc(CNC)cc1[N+](=O)[O-]. The number of nitrogens with one attached hydrogen (secondary N) is 1. The number of hydrogen-bond acceptors (Lipinski definition) is 4. The minimum absolute atomic E-state index is 0.0151. The Kier molecular flexibility index (Phi) is 5.87. The van der Waals surface area contributed by atoms with Crippen LogP contribution in [0.5, 0.6) is 5.75 Å². The normalized spacial score (nSPS) is 10.1. The molecule has 0 aliphatic heterocycles. The first kappa shape index (κ1) is 14.2. The first-order valence-corrected chi connectivity index (χ1v) is 5.84. The molecule has 0 radical (unpaired) electrons. The van der Waals surface area contributed by atoms with Gasteiger partial charge in [-0.05, 0) is 31.5 Å². The quantitative estimate of drug-likeness (QED) is 0.333. The highest BCUT2D eigenvalue weighted by Gasteiger charge is 2.15. The Labute approximate surface area is 107 Å². The maximum atomic E-state index is 11.0. The lowest BCUT2D eigenvalue weighted by atomic mass is 10.2. The van der Waals surface area contributed by atoms with Gasteiger partial charge in [0.25, 0.3) is 0 Å². The molecule has 18 heavy (non-hydrogen) atoms. The maximum absolute atomic E-state index is 11.0. The Balaban J connectivity index is 2.76. The Morgan fingerprint density at radius 3 is 2.94 bits per heavy atom. The zero-order valence-electron chi connectivity index (χ0n) is 10.5. The summed E-state index contributed by atoms with van der Waals surface area (Å²) in [6, 6.07) is 5.02. The van der Waals surface area contributed by atoms with E-state index in [4.69, 9.17) is 4.74 Å². The molecular weight excluding hydrogens is 232 g/mol. The average Bonchev–Trinajstić information content (AvgIpc) is 2.36. The molecule has 1 aromatic carbocycles. The number of rotatable bonds is 8. The van der Waals surface area contributed by atoms with E-state index in [9.17, 15) is 10.1 Å². The molecule has 0 spiro atoms. The number of nitrogens with zero attached hydrogens (tertiary/aromatic N) is 1. The van der Waals surface area contributed by atoms with E-state index in [1.54, 1.807) is 25.3 Å². The van der Waals surface area contributed by atoms with Crippen LogP contribution in [0.1, 0.15) is 18.4 Å². The van der Waals surface area contributed by atoms with Crippen LogP contribution in [0.2, 0.25) is 0 Å². The van der Waals surface area contributed by atoms with Crippen molar-refractivity contribution in [2.45, 2.75) is 19.4 Å². The van der Waals surface area contributed by atoms with Crippen LogP contribution >= 0.6 is 0 Å². The first-order valence-electron chi connectivity index (χ1n) is 5.84. The van der Waals surface area contributed by atoms with E-state index in [1.807, 2.05) is 6.07 Å². The molecule has 1 N–H and O–H groups in total. The van der Waals surface area contributed by atoms with Gasteiger partial charge in [-0.1, -0.05) is 12.1 Å². The van der Waals surface area contributed by atoms with Gasteiger partial charge in [0.15, 0.2) is 5.75 Å². The summed E-state index contributed by atoms with van der Waals surface area (Å²) >= 11 is 0. The molecular formula is C13H18N2O3. The molecule has 0 bridgehead atoms. The standard InChI is InChI=1S/C13H18N2O3/c1-3-4-5-8-18-13-7-6-11(10-14-2)9-12(13)15(16)17/h3,6-7,9,14H,1,4-5,8,10H2,2H3. The van der Waals surface area contributed by atoms with Crippen LogP contribution in [0, 0.1) is 10.1 Å². The summed E-state index contributed by atoms with van der Waals surface area (Å²) in [4.78, 5) is 10.5. The van der Waals surface area contributed by atoms with Crippen molar-refractivity contribution in [1.29, 1.82) is 0 Å². The molecule has 0 aliphatic carbocycles. The van der Waals surface area contributed by atoms with Crippen LogP contribution in [-0.2, 0) is 6.54 Å². The Morgan fingerprint density at radius 2 is 2.33 bits per heavy atom. The van der Waals surface area contributed by atoms with Crippen LogP contribution in [-0.4, -0.2) is 18.6 Å². The average molecular weight is 250 g/mol. The van der Waals surface area contributed by atoms with Crippen LogP contribution in [0.3, 0.4) is 0 Å². The monoisotopic (exact) mass is 250 g/mol. The van der Waals surface area contributed by atoms with E-state index in [1.165, 1.54) is 0 Å². The van der Waals surface area contributed by atoms with Gasteiger partial charge in [-0.2, -0.15) is 0 Å². The topological polar surface area (TPSA) is 64.4 Å². The number of unbranched alkanes of at least 4 members (excludes halogenated alkanes) is 1. The van der Waals surface area contributed by atoms with E-state index < -0.39 is 4.92 Å². The second-order valence-electron chi connectivity index (χ2n) is 3.87. The molecule has 0 saturated heterocycles. The highest BCUT2D eigenvalue weighted by molar-refractivity contribution is 5.48. The lowest BCUT2D eigenvalue weighted by Crippen LogP contribution is -2.06. The van der Waals surface area contributed by atoms with Gasteiger partial charge >= 0.3 is 5.69 Å². The van der Waals surface area contributed by atoms with Crippen LogP contribution in [0.25, 0.3) is 0 Å². The Hall–Kier alpha value is -1.88. The predicted molar refractivity (Wildman–Crippen MR) is 70.8 cm³/mol. The second kappa shape index (κ2) is 7.45. The number of hydrogen-bond donors (Lipinski definition) is 1. The molecule has 0 fully saturated rings. The fraction of sp³-hybridized carbons (Fsp3) is 0.385. The third kappa shape index (κ3) is 4.18. The molecule has 5 heteroatoms. The Morgan fingerprint density at radius 1 is 1.56 bits per heavy atom. The smallest absolute Gasteiger partial charge is 0.311 e. The molecule has 98 valence electrons. The van der Waals surface area contributed by atoms with Crippen molar-refractivity contribution in [3.8, 4) is 5.75 Å². The minimum atomic E-state index is -0.415. The summed E-state index contributed by atoms with van der Waals surface area (Å²) in [6.07, 6.45) is 3.44. The maximum Gasteiger partial charge on any atom is 0.311 e. The zero-order valence-corrected chi connectivity index (χ0v) is 10.5. The number of nitro benzene ring substituents is 1. The fourth-order valence-corrected chi connectivity index (χ4v) is 1.55. The van der Waals surface area contributed by atoms with Gasteiger partial charge in [0, 0.05) is 12.6 Å². The summed E-state index contributed by atoms with van der Waals surface area (Å²) in [5.41, 5.74) is 0.879. The molecule has 0 saturated carbocycles. The van der Waals surface area contributed by atoms with Crippen LogP contribution < -0.4 is 10.1 Å². The van der Waals surface area contributed by atoms with Crippen LogP contribution in [0.15, 0.2) is 30.9 Å².